The quantitative estimate of drug-likeness (QED) is 0.830. The maximum Gasteiger partial charge on any atom is 0.123 e. The molecule has 0 amide bonds. The maximum absolute atomic E-state index is 6.08. The number of aryl methyl sites for hydroxylation is 1. The Bertz CT molecular complexity index is 323. The molecule has 0 aliphatic rings. The van der Waals surface area contributed by atoms with Crippen LogP contribution < -0.4 is 10.1 Å². The SMILES string of the molecule is COc1cc(Cl)c(NC(C)C)cc1C. The van der Waals surface area contributed by atoms with Gasteiger partial charge in [0.25, 0.3) is 0 Å². The molecule has 2 nitrogen and oxygen atoms in total. The fourth-order valence-corrected chi connectivity index (χ4v) is 1.51. The second-order valence-electron chi connectivity index (χ2n) is 3.60. The van der Waals surface area contributed by atoms with Crippen LogP contribution in [0.25, 0.3) is 0 Å². The maximum atomic E-state index is 6.08. The van der Waals surface area contributed by atoms with Crippen LogP contribution in [-0.2, 0) is 0 Å². The third-order valence-electron chi connectivity index (χ3n) is 1.93. The zero-order valence-electron chi connectivity index (χ0n) is 9.02. The first-order valence-corrected chi connectivity index (χ1v) is 5.03. The predicted molar refractivity (Wildman–Crippen MR) is 61.5 cm³/mol. The number of methoxy groups -OCH3 is 1. The summed E-state index contributed by atoms with van der Waals surface area (Å²) >= 11 is 6.08. The van der Waals surface area contributed by atoms with Crippen molar-refractivity contribution in [3.8, 4) is 5.75 Å². The van der Waals surface area contributed by atoms with Crippen LogP contribution in [0, 0.1) is 6.92 Å². The summed E-state index contributed by atoms with van der Waals surface area (Å²) < 4.78 is 5.17. The molecule has 3 heteroatoms. The van der Waals surface area contributed by atoms with Crippen LogP contribution in [0.5, 0.6) is 5.75 Å². The van der Waals surface area contributed by atoms with E-state index < -0.39 is 0 Å². The molecule has 0 radical (unpaired) electrons. The average Bonchev–Trinajstić information content (AvgIpc) is 2.10. The van der Waals surface area contributed by atoms with Crippen LogP contribution in [-0.4, -0.2) is 13.2 Å². The van der Waals surface area contributed by atoms with Crippen LogP contribution in [0.1, 0.15) is 19.4 Å². The second-order valence-corrected chi connectivity index (χ2v) is 4.01. The minimum absolute atomic E-state index is 0.375. The smallest absolute Gasteiger partial charge is 0.123 e. The summed E-state index contributed by atoms with van der Waals surface area (Å²) in [7, 11) is 1.65. The number of hydrogen-bond acceptors (Lipinski definition) is 2. The topological polar surface area (TPSA) is 21.3 Å². The zero-order chi connectivity index (χ0) is 10.7. The Morgan fingerprint density at radius 1 is 1.36 bits per heavy atom. The van der Waals surface area contributed by atoms with E-state index in [4.69, 9.17) is 16.3 Å². The highest BCUT2D eigenvalue weighted by Crippen LogP contribution is 2.30. The van der Waals surface area contributed by atoms with E-state index in [-0.39, 0.29) is 0 Å². The van der Waals surface area contributed by atoms with Gasteiger partial charge < -0.3 is 10.1 Å². The largest absolute Gasteiger partial charge is 0.496 e. The molecule has 14 heavy (non-hydrogen) atoms. The van der Waals surface area contributed by atoms with E-state index in [0.717, 1.165) is 17.0 Å². The van der Waals surface area contributed by atoms with Gasteiger partial charge in [-0.25, -0.2) is 0 Å². The summed E-state index contributed by atoms with van der Waals surface area (Å²) in [6.07, 6.45) is 0. The monoisotopic (exact) mass is 213 g/mol. The minimum Gasteiger partial charge on any atom is -0.496 e. The van der Waals surface area contributed by atoms with E-state index in [2.05, 4.69) is 19.2 Å². The van der Waals surface area contributed by atoms with Crippen LogP contribution in [0.3, 0.4) is 0 Å². The first-order chi connectivity index (χ1) is 6.54. The standard InChI is InChI=1S/C11H16ClNO/c1-7(2)13-10-5-8(3)11(14-4)6-9(10)12/h5-7,13H,1-4H3. The Kier molecular flexibility index (Phi) is 3.64. The highest BCUT2D eigenvalue weighted by molar-refractivity contribution is 6.33. The lowest BCUT2D eigenvalue weighted by atomic mass is 10.2. The molecule has 1 aromatic carbocycles. The van der Waals surface area contributed by atoms with Gasteiger partial charge in [0.2, 0.25) is 0 Å². The Hall–Kier alpha value is -0.890. The molecule has 1 rings (SSSR count). The molecule has 0 fully saturated rings. The van der Waals surface area contributed by atoms with Gasteiger partial charge in [-0.3, -0.25) is 0 Å². The summed E-state index contributed by atoms with van der Waals surface area (Å²) in [5.74, 6) is 0.823. The van der Waals surface area contributed by atoms with Crippen molar-refractivity contribution in [3.63, 3.8) is 0 Å². The Balaban J connectivity index is 3.02. The van der Waals surface area contributed by atoms with Crippen LogP contribution in [0.4, 0.5) is 5.69 Å². The molecule has 1 aromatic rings. The van der Waals surface area contributed by atoms with Crippen LogP contribution in [0.2, 0.25) is 5.02 Å². The number of benzene rings is 1. The van der Waals surface area contributed by atoms with Crippen molar-refractivity contribution in [2.24, 2.45) is 0 Å². The summed E-state index contributed by atoms with van der Waals surface area (Å²) in [6.45, 7) is 6.16. The molecule has 1 N–H and O–H groups in total. The molecule has 0 saturated carbocycles. The van der Waals surface area contributed by atoms with Crippen molar-refractivity contribution < 1.29 is 4.74 Å². The molecule has 0 heterocycles. The highest BCUT2D eigenvalue weighted by Gasteiger charge is 2.06. The van der Waals surface area contributed by atoms with Crippen molar-refractivity contribution in [1.29, 1.82) is 0 Å². The predicted octanol–water partition coefficient (Wildman–Crippen LogP) is 3.48. The van der Waals surface area contributed by atoms with E-state index in [0.29, 0.717) is 11.1 Å². The molecule has 0 aromatic heterocycles. The number of halogens is 1. The van der Waals surface area contributed by atoms with Gasteiger partial charge in [0, 0.05) is 12.1 Å². The highest BCUT2D eigenvalue weighted by atomic mass is 35.5. The van der Waals surface area contributed by atoms with Crippen LogP contribution >= 0.6 is 11.6 Å². The lowest BCUT2D eigenvalue weighted by Crippen LogP contribution is -2.10. The first kappa shape index (κ1) is 11.2. The number of rotatable bonds is 3. The minimum atomic E-state index is 0.375. The van der Waals surface area contributed by atoms with Gasteiger partial charge in [0.1, 0.15) is 5.75 Å². The first-order valence-electron chi connectivity index (χ1n) is 4.65. The van der Waals surface area contributed by atoms with Gasteiger partial charge in [-0.15, -0.1) is 0 Å². The molecular weight excluding hydrogens is 198 g/mol. The third-order valence-corrected chi connectivity index (χ3v) is 2.24. The Morgan fingerprint density at radius 3 is 2.50 bits per heavy atom. The molecule has 0 spiro atoms. The molecule has 0 atom stereocenters. The molecular formula is C11H16ClNO. The van der Waals surface area contributed by atoms with E-state index in [1.165, 1.54) is 0 Å². The summed E-state index contributed by atoms with van der Waals surface area (Å²) in [6, 6.07) is 4.21. The van der Waals surface area contributed by atoms with Crippen molar-refractivity contribution in [2.75, 3.05) is 12.4 Å². The number of anilines is 1. The number of hydrogen-bond donors (Lipinski definition) is 1. The van der Waals surface area contributed by atoms with Gasteiger partial charge in [-0.1, -0.05) is 11.6 Å². The lowest BCUT2D eigenvalue weighted by Gasteiger charge is -2.14. The van der Waals surface area contributed by atoms with E-state index >= 15 is 0 Å². The van der Waals surface area contributed by atoms with Gasteiger partial charge >= 0.3 is 0 Å². The molecule has 0 unspecified atom stereocenters. The summed E-state index contributed by atoms with van der Waals surface area (Å²) in [5.41, 5.74) is 2.04. The van der Waals surface area contributed by atoms with Crippen molar-refractivity contribution in [2.45, 2.75) is 26.8 Å². The van der Waals surface area contributed by atoms with E-state index in [1.54, 1.807) is 7.11 Å². The number of ether oxygens (including phenoxy) is 1. The summed E-state index contributed by atoms with van der Waals surface area (Å²) in [4.78, 5) is 0. The summed E-state index contributed by atoms with van der Waals surface area (Å²) in [5, 5.41) is 3.97. The van der Waals surface area contributed by atoms with E-state index in [1.807, 2.05) is 19.1 Å². The van der Waals surface area contributed by atoms with Gasteiger partial charge in [0.05, 0.1) is 17.8 Å². The normalized spacial score (nSPS) is 10.4. The Morgan fingerprint density at radius 2 is 2.00 bits per heavy atom. The Labute approximate surface area is 90.2 Å². The van der Waals surface area contributed by atoms with Gasteiger partial charge in [0.15, 0.2) is 0 Å². The fourth-order valence-electron chi connectivity index (χ4n) is 1.30. The van der Waals surface area contributed by atoms with Crippen molar-refractivity contribution >= 4 is 17.3 Å². The second kappa shape index (κ2) is 4.56. The van der Waals surface area contributed by atoms with Gasteiger partial charge in [-0.05, 0) is 32.4 Å². The molecule has 0 aliphatic heterocycles. The average molecular weight is 214 g/mol. The molecule has 0 saturated heterocycles. The van der Waals surface area contributed by atoms with E-state index in [9.17, 15) is 0 Å². The zero-order valence-corrected chi connectivity index (χ0v) is 9.77. The van der Waals surface area contributed by atoms with Crippen LogP contribution in [0.15, 0.2) is 12.1 Å². The fraction of sp³-hybridized carbons (Fsp3) is 0.455. The number of nitrogens with one attached hydrogen (secondary N) is 1. The van der Waals surface area contributed by atoms with Crippen molar-refractivity contribution in [3.05, 3.63) is 22.7 Å². The van der Waals surface area contributed by atoms with Crippen molar-refractivity contribution in [1.82, 2.24) is 0 Å². The van der Waals surface area contributed by atoms with Gasteiger partial charge in [-0.2, -0.15) is 0 Å². The molecule has 78 valence electrons. The lowest BCUT2D eigenvalue weighted by molar-refractivity contribution is 0.412. The molecule has 0 aliphatic carbocycles. The third kappa shape index (κ3) is 2.55. The molecule has 0 bridgehead atoms.